The number of hydrazone groups is 1. The third kappa shape index (κ3) is 3.96. The third-order valence-corrected chi connectivity index (χ3v) is 4.93. The Labute approximate surface area is 170 Å². The van der Waals surface area contributed by atoms with E-state index >= 15 is 0 Å². The predicted molar refractivity (Wildman–Crippen MR) is 105 cm³/mol. The first-order chi connectivity index (χ1) is 14.4. The average molecular weight is 413 g/mol. The monoisotopic (exact) mass is 413 g/mol. The topological polar surface area (TPSA) is 63.4 Å². The maximum absolute atomic E-state index is 13.6. The molecular formula is C21H18F3N5O. The highest BCUT2D eigenvalue weighted by molar-refractivity contribution is 5.94. The van der Waals surface area contributed by atoms with Crippen LogP contribution in [0, 0.1) is 17.5 Å². The van der Waals surface area contributed by atoms with Crippen molar-refractivity contribution in [3.63, 3.8) is 0 Å². The first kappa shape index (κ1) is 19.8. The summed E-state index contributed by atoms with van der Waals surface area (Å²) in [6.07, 6.45) is 2.83. The number of amides is 1. The molecule has 0 radical (unpaired) electrons. The molecule has 0 bridgehead atoms. The van der Waals surface area contributed by atoms with Crippen molar-refractivity contribution in [1.29, 1.82) is 0 Å². The molecule has 154 valence electrons. The molecule has 0 N–H and O–H groups in total. The maximum atomic E-state index is 13.6. The van der Waals surface area contributed by atoms with E-state index in [0.717, 1.165) is 6.07 Å². The summed E-state index contributed by atoms with van der Waals surface area (Å²) in [5.41, 5.74) is 1.83. The number of rotatable bonds is 6. The fraction of sp³-hybridized carbons (Fsp3) is 0.238. The molecular weight excluding hydrogens is 395 g/mol. The molecule has 9 heteroatoms. The third-order valence-electron chi connectivity index (χ3n) is 4.93. The van der Waals surface area contributed by atoms with Crippen LogP contribution in [-0.4, -0.2) is 32.1 Å². The van der Waals surface area contributed by atoms with Crippen LogP contribution in [0.15, 0.2) is 53.7 Å². The molecule has 4 rings (SSSR count). The number of hydrogen-bond donors (Lipinski definition) is 0. The van der Waals surface area contributed by atoms with Gasteiger partial charge in [0.15, 0.2) is 0 Å². The largest absolute Gasteiger partial charge is 0.269 e. The molecule has 2 aromatic carbocycles. The fourth-order valence-electron chi connectivity index (χ4n) is 3.48. The number of hydrogen-bond acceptors (Lipinski definition) is 4. The predicted octanol–water partition coefficient (Wildman–Crippen LogP) is 4.14. The van der Waals surface area contributed by atoms with Gasteiger partial charge in [0.2, 0.25) is 0 Å². The van der Waals surface area contributed by atoms with Crippen LogP contribution < -0.4 is 0 Å². The Morgan fingerprint density at radius 3 is 2.63 bits per heavy atom. The number of nitrogens with zero attached hydrogens (tertiary/aromatic N) is 5. The van der Waals surface area contributed by atoms with Crippen LogP contribution in [-0.2, 0) is 11.3 Å². The number of carbonyl (C=O) groups excluding carboxylic acids is 1. The van der Waals surface area contributed by atoms with Crippen molar-refractivity contribution in [2.45, 2.75) is 31.8 Å². The van der Waals surface area contributed by atoms with Gasteiger partial charge in [-0.3, -0.25) is 4.79 Å². The molecule has 1 aromatic heterocycles. The summed E-state index contributed by atoms with van der Waals surface area (Å²) in [5.74, 6) is -2.19. The first-order valence-electron chi connectivity index (χ1n) is 9.41. The van der Waals surface area contributed by atoms with Gasteiger partial charge in [-0.25, -0.2) is 22.9 Å². The van der Waals surface area contributed by atoms with E-state index in [0.29, 0.717) is 48.0 Å². The van der Waals surface area contributed by atoms with Crippen LogP contribution in [0.25, 0.3) is 11.0 Å². The van der Waals surface area contributed by atoms with E-state index < -0.39 is 23.6 Å². The number of benzene rings is 2. The Morgan fingerprint density at radius 1 is 1.10 bits per heavy atom. The van der Waals surface area contributed by atoms with E-state index in [1.165, 1.54) is 29.3 Å². The lowest BCUT2D eigenvalue weighted by molar-refractivity contribution is -0.129. The minimum Gasteiger partial charge on any atom is -0.268 e. The summed E-state index contributed by atoms with van der Waals surface area (Å²) in [7, 11) is 0. The van der Waals surface area contributed by atoms with Crippen LogP contribution in [0.1, 0.15) is 30.9 Å². The van der Waals surface area contributed by atoms with Gasteiger partial charge >= 0.3 is 0 Å². The fourth-order valence-corrected chi connectivity index (χ4v) is 3.48. The number of carbonyl (C=O) groups is 1. The Kier molecular flexibility index (Phi) is 5.35. The number of halogens is 3. The quantitative estimate of drug-likeness (QED) is 0.571. The van der Waals surface area contributed by atoms with E-state index in [1.54, 1.807) is 17.0 Å². The van der Waals surface area contributed by atoms with Crippen molar-refractivity contribution in [1.82, 2.24) is 20.0 Å². The highest BCUT2D eigenvalue weighted by atomic mass is 19.1. The van der Waals surface area contributed by atoms with Gasteiger partial charge in [0.05, 0.1) is 11.6 Å². The Balaban J connectivity index is 1.39. The van der Waals surface area contributed by atoms with Crippen molar-refractivity contribution in [2.75, 3.05) is 0 Å². The van der Waals surface area contributed by atoms with E-state index in [4.69, 9.17) is 0 Å². The van der Waals surface area contributed by atoms with E-state index in [-0.39, 0.29) is 5.82 Å². The van der Waals surface area contributed by atoms with Gasteiger partial charge in [0.1, 0.15) is 23.0 Å². The maximum Gasteiger partial charge on any atom is 0.269 e. The standard InChI is InChI=1S/C21H18F3N5O/c1-13(3-2-8-28-20-5-4-15(22)12-18(20)26-27-28)21(30)29-19(6-7-25-29)14-9-16(23)11-17(24)10-14/h4-5,7,9-12,19H,1-3,6,8H2. The molecule has 0 fully saturated rings. The second-order valence-corrected chi connectivity index (χ2v) is 7.05. The molecule has 2 heterocycles. The normalized spacial score (nSPS) is 15.8. The van der Waals surface area contributed by atoms with Gasteiger partial charge in [-0.05, 0) is 42.7 Å². The lowest BCUT2D eigenvalue weighted by Gasteiger charge is -2.23. The molecule has 0 saturated heterocycles. The summed E-state index contributed by atoms with van der Waals surface area (Å²) in [4.78, 5) is 12.8. The second kappa shape index (κ2) is 8.10. The van der Waals surface area contributed by atoms with E-state index in [2.05, 4.69) is 22.0 Å². The summed E-state index contributed by atoms with van der Waals surface area (Å²) < 4.78 is 42.0. The zero-order chi connectivity index (χ0) is 21.3. The van der Waals surface area contributed by atoms with Crippen LogP contribution >= 0.6 is 0 Å². The molecule has 30 heavy (non-hydrogen) atoms. The first-order valence-corrected chi connectivity index (χ1v) is 9.41. The number of fused-ring (bicyclic) bond motifs is 1. The van der Waals surface area contributed by atoms with Crippen molar-refractivity contribution in [3.8, 4) is 0 Å². The number of aryl methyl sites for hydroxylation is 1. The van der Waals surface area contributed by atoms with Crippen molar-refractivity contribution in [2.24, 2.45) is 5.10 Å². The summed E-state index contributed by atoms with van der Waals surface area (Å²) >= 11 is 0. The van der Waals surface area contributed by atoms with Gasteiger partial charge in [-0.1, -0.05) is 11.8 Å². The van der Waals surface area contributed by atoms with Gasteiger partial charge in [0.25, 0.3) is 5.91 Å². The highest BCUT2D eigenvalue weighted by Gasteiger charge is 2.30. The zero-order valence-electron chi connectivity index (χ0n) is 15.9. The highest BCUT2D eigenvalue weighted by Crippen LogP contribution is 2.30. The Morgan fingerprint density at radius 2 is 1.87 bits per heavy atom. The summed E-state index contributed by atoms with van der Waals surface area (Å²) in [5, 5.41) is 13.2. The molecule has 1 atom stereocenters. The lowest BCUT2D eigenvalue weighted by Crippen LogP contribution is -2.28. The van der Waals surface area contributed by atoms with Crippen molar-refractivity contribution >= 4 is 23.2 Å². The second-order valence-electron chi connectivity index (χ2n) is 7.05. The lowest BCUT2D eigenvalue weighted by atomic mass is 10.0. The van der Waals surface area contributed by atoms with Crippen LogP contribution in [0.2, 0.25) is 0 Å². The molecule has 0 saturated carbocycles. The summed E-state index contributed by atoms with van der Waals surface area (Å²) in [6.45, 7) is 4.32. The minimum absolute atomic E-state index is 0.325. The minimum atomic E-state index is -0.705. The Bertz CT molecular complexity index is 1140. The van der Waals surface area contributed by atoms with Crippen LogP contribution in [0.5, 0.6) is 0 Å². The van der Waals surface area contributed by atoms with E-state index in [1.807, 2.05) is 0 Å². The van der Waals surface area contributed by atoms with Crippen LogP contribution in [0.3, 0.4) is 0 Å². The molecule has 1 aliphatic rings. The molecule has 0 spiro atoms. The SMILES string of the molecule is C=C(CCCn1nnc2cc(F)ccc21)C(=O)N1N=CCC1c1cc(F)cc(F)c1. The molecule has 3 aromatic rings. The molecule has 0 aliphatic carbocycles. The Hall–Kier alpha value is -3.49. The van der Waals surface area contributed by atoms with Gasteiger partial charge in [-0.2, -0.15) is 5.10 Å². The van der Waals surface area contributed by atoms with Crippen molar-refractivity contribution in [3.05, 3.63) is 71.6 Å². The van der Waals surface area contributed by atoms with E-state index in [9.17, 15) is 18.0 Å². The molecule has 1 unspecified atom stereocenters. The zero-order valence-corrected chi connectivity index (χ0v) is 15.9. The van der Waals surface area contributed by atoms with Gasteiger partial charge in [-0.15, -0.1) is 5.10 Å². The van der Waals surface area contributed by atoms with Gasteiger partial charge in [0, 0.05) is 36.9 Å². The smallest absolute Gasteiger partial charge is 0.268 e. The molecule has 1 amide bonds. The average Bonchev–Trinajstić information content (AvgIpc) is 3.33. The summed E-state index contributed by atoms with van der Waals surface area (Å²) in [6, 6.07) is 6.86. The van der Waals surface area contributed by atoms with Crippen LogP contribution in [0.4, 0.5) is 13.2 Å². The molecule has 1 aliphatic heterocycles. The van der Waals surface area contributed by atoms with Crippen molar-refractivity contribution < 1.29 is 18.0 Å². The van der Waals surface area contributed by atoms with Gasteiger partial charge < -0.3 is 0 Å². The molecule has 6 nitrogen and oxygen atoms in total. The number of aromatic nitrogens is 3.